The molecule has 14 heavy (non-hydrogen) atoms. The van der Waals surface area contributed by atoms with Crippen molar-refractivity contribution in [3.05, 3.63) is 0 Å². The molecule has 0 heterocycles. The van der Waals surface area contributed by atoms with E-state index in [1.165, 1.54) is 12.8 Å². The van der Waals surface area contributed by atoms with Gasteiger partial charge in [-0.2, -0.15) is 0 Å². The van der Waals surface area contributed by atoms with Crippen molar-refractivity contribution in [2.75, 3.05) is 20.1 Å². The van der Waals surface area contributed by atoms with Crippen LogP contribution in [0.1, 0.15) is 32.6 Å². The minimum atomic E-state index is 0.253. The van der Waals surface area contributed by atoms with Crippen LogP contribution in [-0.4, -0.2) is 30.9 Å². The van der Waals surface area contributed by atoms with Crippen molar-refractivity contribution in [2.45, 2.75) is 32.6 Å². The molecule has 1 aliphatic carbocycles. The Morgan fingerprint density at radius 2 is 2.21 bits per heavy atom. The van der Waals surface area contributed by atoms with E-state index in [0.717, 1.165) is 19.4 Å². The predicted octanol–water partition coefficient (Wildman–Crippen LogP) is 1.23. The third-order valence-corrected chi connectivity index (χ3v) is 3.36. The molecule has 0 radical (unpaired) electrons. The summed E-state index contributed by atoms with van der Waals surface area (Å²) in [4.78, 5) is 13.8. The lowest BCUT2D eigenvalue weighted by Crippen LogP contribution is -2.34. The third kappa shape index (κ3) is 2.47. The summed E-state index contributed by atoms with van der Waals surface area (Å²) in [6.45, 7) is 3.54. The van der Waals surface area contributed by atoms with Crippen molar-refractivity contribution in [3.63, 3.8) is 0 Å². The molecule has 1 rings (SSSR count). The molecule has 2 unspecified atom stereocenters. The minimum absolute atomic E-state index is 0.253. The topological polar surface area (TPSA) is 46.3 Å². The Hall–Kier alpha value is -0.570. The third-order valence-electron chi connectivity index (χ3n) is 3.36. The summed E-state index contributed by atoms with van der Waals surface area (Å²) in [5, 5.41) is 0. The van der Waals surface area contributed by atoms with Gasteiger partial charge in [0.25, 0.3) is 0 Å². The highest BCUT2D eigenvalue weighted by molar-refractivity contribution is 5.79. The smallest absolute Gasteiger partial charge is 0.225 e. The highest BCUT2D eigenvalue weighted by Gasteiger charge is 2.33. The van der Waals surface area contributed by atoms with Gasteiger partial charge in [0.05, 0.1) is 0 Å². The molecule has 0 aliphatic heterocycles. The van der Waals surface area contributed by atoms with E-state index >= 15 is 0 Å². The number of nitrogens with two attached hydrogens (primary N) is 1. The largest absolute Gasteiger partial charge is 0.346 e. The Bertz CT molecular complexity index is 194. The molecule has 1 saturated carbocycles. The molecule has 3 heteroatoms. The zero-order chi connectivity index (χ0) is 10.6. The molecule has 1 fully saturated rings. The fraction of sp³-hybridized carbons (Fsp3) is 0.909. The molecule has 0 aromatic carbocycles. The fourth-order valence-corrected chi connectivity index (χ4v) is 2.36. The zero-order valence-corrected chi connectivity index (χ0v) is 9.33. The van der Waals surface area contributed by atoms with Crippen LogP contribution in [0.15, 0.2) is 0 Å². The maximum Gasteiger partial charge on any atom is 0.225 e. The Kier molecular flexibility index (Phi) is 4.39. The first-order chi connectivity index (χ1) is 6.70. The summed E-state index contributed by atoms with van der Waals surface area (Å²) in [7, 11) is 1.89. The van der Waals surface area contributed by atoms with E-state index in [4.69, 9.17) is 5.73 Å². The number of amides is 1. The average Bonchev–Trinajstić information content (AvgIpc) is 2.64. The summed E-state index contributed by atoms with van der Waals surface area (Å²) < 4.78 is 0. The Morgan fingerprint density at radius 1 is 1.50 bits per heavy atom. The molecule has 0 aromatic heterocycles. The highest BCUT2D eigenvalue weighted by atomic mass is 16.2. The summed E-state index contributed by atoms with van der Waals surface area (Å²) in [5.74, 6) is 1.12. The van der Waals surface area contributed by atoms with Gasteiger partial charge in [-0.1, -0.05) is 6.42 Å². The van der Waals surface area contributed by atoms with Gasteiger partial charge in [0.1, 0.15) is 0 Å². The van der Waals surface area contributed by atoms with Crippen LogP contribution in [0, 0.1) is 11.8 Å². The van der Waals surface area contributed by atoms with Gasteiger partial charge in [-0.05, 0) is 38.6 Å². The summed E-state index contributed by atoms with van der Waals surface area (Å²) in [6.07, 6.45) is 4.45. The summed E-state index contributed by atoms with van der Waals surface area (Å²) in [5.41, 5.74) is 5.55. The Labute approximate surface area is 86.6 Å². The average molecular weight is 198 g/mol. The van der Waals surface area contributed by atoms with Gasteiger partial charge in [0.15, 0.2) is 0 Å². The summed E-state index contributed by atoms with van der Waals surface area (Å²) >= 11 is 0. The highest BCUT2D eigenvalue weighted by Crippen LogP contribution is 2.34. The number of rotatable bonds is 4. The number of carbonyl (C=O) groups excluding carboxylic acids is 1. The normalized spacial score (nSPS) is 26.5. The standard InChI is InChI=1S/C11H22N2O/c1-3-13(2)11(14)10-6-4-5-9(10)7-8-12/h9-10H,3-8,12H2,1-2H3. The second kappa shape index (κ2) is 5.35. The first-order valence-corrected chi connectivity index (χ1v) is 5.65. The van der Waals surface area contributed by atoms with Gasteiger partial charge in [0.2, 0.25) is 5.91 Å². The maximum absolute atomic E-state index is 11.9. The molecule has 0 aromatic rings. The predicted molar refractivity (Wildman–Crippen MR) is 57.8 cm³/mol. The molecular formula is C11H22N2O. The van der Waals surface area contributed by atoms with Crippen LogP contribution in [-0.2, 0) is 4.79 Å². The Balaban J connectivity index is 2.53. The van der Waals surface area contributed by atoms with Gasteiger partial charge in [-0.15, -0.1) is 0 Å². The van der Waals surface area contributed by atoms with Gasteiger partial charge in [0, 0.05) is 19.5 Å². The SMILES string of the molecule is CCN(C)C(=O)C1CCCC1CCN. The van der Waals surface area contributed by atoms with E-state index in [2.05, 4.69) is 0 Å². The minimum Gasteiger partial charge on any atom is -0.346 e. The van der Waals surface area contributed by atoms with E-state index < -0.39 is 0 Å². The first kappa shape index (κ1) is 11.5. The second-order valence-electron chi connectivity index (χ2n) is 4.23. The molecule has 3 nitrogen and oxygen atoms in total. The van der Waals surface area contributed by atoms with Crippen LogP contribution >= 0.6 is 0 Å². The van der Waals surface area contributed by atoms with Crippen molar-refractivity contribution < 1.29 is 4.79 Å². The number of hydrogen-bond donors (Lipinski definition) is 1. The molecule has 0 saturated heterocycles. The van der Waals surface area contributed by atoms with Crippen molar-refractivity contribution in [1.29, 1.82) is 0 Å². The lowest BCUT2D eigenvalue weighted by Gasteiger charge is -2.23. The van der Waals surface area contributed by atoms with Gasteiger partial charge < -0.3 is 10.6 Å². The van der Waals surface area contributed by atoms with E-state index in [0.29, 0.717) is 18.4 Å². The number of hydrogen-bond acceptors (Lipinski definition) is 2. The van der Waals surface area contributed by atoms with Crippen LogP contribution in [0.5, 0.6) is 0 Å². The van der Waals surface area contributed by atoms with Crippen molar-refractivity contribution in [2.24, 2.45) is 17.6 Å². The van der Waals surface area contributed by atoms with E-state index in [1.807, 2.05) is 18.9 Å². The zero-order valence-electron chi connectivity index (χ0n) is 9.33. The van der Waals surface area contributed by atoms with Crippen LogP contribution in [0.25, 0.3) is 0 Å². The van der Waals surface area contributed by atoms with Crippen molar-refractivity contribution in [3.8, 4) is 0 Å². The lowest BCUT2D eigenvalue weighted by atomic mass is 9.92. The molecule has 0 bridgehead atoms. The quantitative estimate of drug-likeness (QED) is 0.738. The molecule has 2 N–H and O–H groups in total. The fourth-order valence-electron chi connectivity index (χ4n) is 2.36. The Morgan fingerprint density at radius 3 is 2.79 bits per heavy atom. The monoisotopic (exact) mass is 198 g/mol. The van der Waals surface area contributed by atoms with Crippen LogP contribution in [0.4, 0.5) is 0 Å². The van der Waals surface area contributed by atoms with Gasteiger partial charge >= 0.3 is 0 Å². The maximum atomic E-state index is 11.9. The van der Waals surface area contributed by atoms with Crippen molar-refractivity contribution >= 4 is 5.91 Å². The molecule has 2 atom stereocenters. The molecule has 0 spiro atoms. The van der Waals surface area contributed by atoms with Gasteiger partial charge in [-0.3, -0.25) is 4.79 Å². The van der Waals surface area contributed by atoms with Crippen LogP contribution in [0.3, 0.4) is 0 Å². The molecule has 82 valence electrons. The lowest BCUT2D eigenvalue weighted by molar-refractivity contribution is -0.135. The molecule has 1 aliphatic rings. The van der Waals surface area contributed by atoms with E-state index in [9.17, 15) is 4.79 Å². The first-order valence-electron chi connectivity index (χ1n) is 5.65. The number of nitrogens with zero attached hydrogens (tertiary/aromatic N) is 1. The molecule has 1 amide bonds. The van der Waals surface area contributed by atoms with Crippen LogP contribution in [0.2, 0.25) is 0 Å². The van der Waals surface area contributed by atoms with Crippen LogP contribution < -0.4 is 5.73 Å². The van der Waals surface area contributed by atoms with Gasteiger partial charge in [-0.25, -0.2) is 0 Å². The number of carbonyl (C=O) groups is 1. The summed E-state index contributed by atoms with van der Waals surface area (Å²) in [6, 6.07) is 0. The van der Waals surface area contributed by atoms with E-state index in [-0.39, 0.29) is 5.92 Å². The molecular weight excluding hydrogens is 176 g/mol. The second-order valence-corrected chi connectivity index (χ2v) is 4.23. The van der Waals surface area contributed by atoms with Crippen molar-refractivity contribution in [1.82, 2.24) is 4.90 Å². The van der Waals surface area contributed by atoms with E-state index in [1.54, 1.807) is 0 Å².